The van der Waals surface area contributed by atoms with E-state index in [2.05, 4.69) is 0 Å². The van der Waals surface area contributed by atoms with Gasteiger partial charge >= 0.3 is 0 Å². The van der Waals surface area contributed by atoms with Gasteiger partial charge in [-0.15, -0.1) is 0 Å². The predicted octanol–water partition coefficient (Wildman–Crippen LogP) is 0.723. The van der Waals surface area contributed by atoms with E-state index in [1.165, 1.54) is 4.31 Å². The summed E-state index contributed by atoms with van der Waals surface area (Å²) < 4.78 is 26.5. The predicted molar refractivity (Wildman–Crippen MR) is 69.6 cm³/mol. The summed E-state index contributed by atoms with van der Waals surface area (Å²) in [5.74, 6) is 0. The first-order chi connectivity index (χ1) is 8.48. The molecule has 1 unspecified atom stereocenters. The fourth-order valence-electron chi connectivity index (χ4n) is 2.35. The molecule has 100 valence electrons. The highest BCUT2D eigenvalue weighted by Crippen LogP contribution is 2.29. The van der Waals surface area contributed by atoms with Gasteiger partial charge in [-0.25, -0.2) is 8.42 Å². The maximum Gasteiger partial charge on any atom is 0.243 e. The van der Waals surface area contributed by atoms with Crippen molar-refractivity contribution in [3.8, 4) is 0 Å². The summed E-state index contributed by atoms with van der Waals surface area (Å²) in [4.78, 5) is 0.239. The van der Waals surface area contributed by atoms with Crippen molar-refractivity contribution in [2.45, 2.75) is 30.7 Å². The van der Waals surface area contributed by atoms with E-state index >= 15 is 0 Å². The Morgan fingerprint density at radius 1 is 1.50 bits per heavy atom. The first kappa shape index (κ1) is 13.3. The van der Waals surface area contributed by atoms with E-state index in [1.807, 2.05) is 0 Å². The summed E-state index contributed by atoms with van der Waals surface area (Å²) in [7, 11) is -3.56. The molecule has 0 aromatic heterocycles. The van der Waals surface area contributed by atoms with Gasteiger partial charge in [0.2, 0.25) is 10.0 Å². The van der Waals surface area contributed by atoms with Crippen molar-refractivity contribution in [2.24, 2.45) is 0 Å². The molecule has 1 aliphatic heterocycles. The van der Waals surface area contributed by atoms with Crippen LogP contribution in [0.3, 0.4) is 0 Å². The maximum atomic E-state index is 12.5. The van der Waals surface area contributed by atoms with Crippen LogP contribution in [0.15, 0.2) is 23.1 Å². The molecule has 1 saturated heterocycles. The Bertz CT molecular complexity index is 542. The van der Waals surface area contributed by atoms with Gasteiger partial charge in [0.1, 0.15) is 0 Å². The number of rotatable bonds is 3. The number of nitrogen functional groups attached to an aromatic ring is 1. The summed E-state index contributed by atoms with van der Waals surface area (Å²) in [5.41, 5.74) is 6.79. The molecule has 1 heterocycles. The second-order valence-corrected chi connectivity index (χ2v) is 6.42. The smallest absolute Gasteiger partial charge is 0.243 e. The third-order valence-electron chi connectivity index (χ3n) is 3.45. The molecule has 1 aliphatic rings. The number of hydrogen-bond donors (Lipinski definition) is 2. The summed E-state index contributed by atoms with van der Waals surface area (Å²) in [6.45, 7) is 2.02. The quantitative estimate of drug-likeness (QED) is 0.793. The maximum absolute atomic E-state index is 12.5. The lowest BCUT2D eigenvalue weighted by atomic mass is 10.2. The molecule has 0 saturated carbocycles. The third kappa shape index (κ3) is 2.11. The third-order valence-corrected chi connectivity index (χ3v) is 5.54. The Morgan fingerprint density at radius 3 is 2.89 bits per heavy atom. The zero-order chi connectivity index (χ0) is 13.3. The minimum Gasteiger partial charge on any atom is -0.398 e. The lowest BCUT2D eigenvalue weighted by Gasteiger charge is -2.23. The summed E-state index contributed by atoms with van der Waals surface area (Å²) >= 11 is 0. The molecule has 1 aromatic carbocycles. The second-order valence-electron chi connectivity index (χ2n) is 4.56. The number of nitrogens with zero attached hydrogens (tertiary/aromatic N) is 1. The van der Waals surface area contributed by atoms with Crippen molar-refractivity contribution in [1.82, 2.24) is 4.31 Å². The molecule has 1 atom stereocenters. The average Bonchev–Trinajstić information content (AvgIpc) is 2.81. The molecule has 0 radical (unpaired) electrons. The minimum absolute atomic E-state index is 0.138. The number of sulfonamides is 1. The van der Waals surface area contributed by atoms with Crippen LogP contribution in [-0.4, -0.2) is 37.0 Å². The van der Waals surface area contributed by atoms with Gasteiger partial charge in [-0.1, -0.05) is 6.07 Å². The molecule has 1 fully saturated rings. The van der Waals surface area contributed by atoms with Crippen LogP contribution in [0, 0.1) is 6.92 Å². The van der Waals surface area contributed by atoms with Gasteiger partial charge in [-0.2, -0.15) is 4.31 Å². The lowest BCUT2D eigenvalue weighted by molar-refractivity contribution is 0.213. The minimum atomic E-state index is -3.56. The number of aliphatic hydroxyl groups is 1. The first-order valence-electron chi connectivity index (χ1n) is 5.96. The van der Waals surface area contributed by atoms with Crippen LogP contribution in [0.4, 0.5) is 5.69 Å². The standard InChI is InChI=1S/C12H18N2O3S/c1-9-11(13)5-2-6-12(9)18(16,17)14-7-3-4-10(14)8-15/h2,5-6,10,15H,3-4,7-8,13H2,1H3. The Balaban J connectivity index is 2.45. The van der Waals surface area contributed by atoms with E-state index in [0.717, 1.165) is 6.42 Å². The molecule has 3 N–H and O–H groups in total. The Hall–Kier alpha value is -1.11. The average molecular weight is 270 g/mol. The van der Waals surface area contributed by atoms with Crippen molar-refractivity contribution in [3.05, 3.63) is 23.8 Å². The molecule has 6 heteroatoms. The summed E-state index contributed by atoms with van der Waals surface area (Å²) in [6.07, 6.45) is 1.49. The van der Waals surface area contributed by atoms with Gasteiger partial charge in [0.25, 0.3) is 0 Å². The zero-order valence-electron chi connectivity index (χ0n) is 10.3. The Labute approximate surface area is 107 Å². The van der Waals surface area contributed by atoms with E-state index in [4.69, 9.17) is 5.73 Å². The van der Waals surface area contributed by atoms with E-state index in [9.17, 15) is 13.5 Å². The molecular weight excluding hydrogens is 252 g/mol. The van der Waals surface area contributed by atoms with Crippen LogP contribution >= 0.6 is 0 Å². The van der Waals surface area contributed by atoms with Crippen LogP contribution in [-0.2, 0) is 10.0 Å². The van der Waals surface area contributed by atoms with E-state index in [0.29, 0.717) is 24.2 Å². The van der Waals surface area contributed by atoms with Gasteiger partial charge in [0, 0.05) is 18.3 Å². The number of benzene rings is 1. The number of aliphatic hydroxyl groups excluding tert-OH is 1. The van der Waals surface area contributed by atoms with Crippen LogP contribution < -0.4 is 5.73 Å². The number of nitrogens with two attached hydrogens (primary N) is 1. The SMILES string of the molecule is Cc1c(N)cccc1S(=O)(=O)N1CCCC1CO. The molecule has 5 nitrogen and oxygen atoms in total. The van der Waals surface area contributed by atoms with Crippen molar-refractivity contribution in [3.63, 3.8) is 0 Å². The van der Waals surface area contributed by atoms with Gasteiger partial charge in [0.05, 0.1) is 11.5 Å². The van der Waals surface area contributed by atoms with Crippen LogP contribution in [0.1, 0.15) is 18.4 Å². The highest BCUT2D eigenvalue weighted by molar-refractivity contribution is 7.89. The monoisotopic (exact) mass is 270 g/mol. The van der Waals surface area contributed by atoms with E-state index < -0.39 is 10.0 Å². The Kier molecular flexibility index (Phi) is 3.61. The summed E-state index contributed by atoms with van der Waals surface area (Å²) in [6, 6.07) is 4.57. The molecule has 2 rings (SSSR count). The van der Waals surface area contributed by atoms with Gasteiger partial charge in [-0.05, 0) is 37.5 Å². The normalized spacial score (nSPS) is 21.3. The number of hydrogen-bond acceptors (Lipinski definition) is 4. The topological polar surface area (TPSA) is 83.6 Å². The highest BCUT2D eigenvalue weighted by atomic mass is 32.2. The van der Waals surface area contributed by atoms with Crippen LogP contribution in [0.25, 0.3) is 0 Å². The fourth-order valence-corrected chi connectivity index (χ4v) is 4.29. The molecule has 0 spiro atoms. The number of anilines is 1. The van der Waals surface area contributed by atoms with Crippen LogP contribution in [0.5, 0.6) is 0 Å². The van der Waals surface area contributed by atoms with E-state index in [-0.39, 0.29) is 17.5 Å². The zero-order valence-corrected chi connectivity index (χ0v) is 11.2. The Morgan fingerprint density at radius 2 is 2.22 bits per heavy atom. The van der Waals surface area contributed by atoms with Crippen molar-refractivity contribution in [1.29, 1.82) is 0 Å². The van der Waals surface area contributed by atoms with Crippen molar-refractivity contribution in [2.75, 3.05) is 18.9 Å². The fraction of sp³-hybridized carbons (Fsp3) is 0.500. The largest absolute Gasteiger partial charge is 0.398 e. The lowest BCUT2D eigenvalue weighted by Crippen LogP contribution is -2.37. The van der Waals surface area contributed by atoms with Gasteiger partial charge < -0.3 is 10.8 Å². The molecule has 0 amide bonds. The van der Waals surface area contributed by atoms with Crippen molar-refractivity contribution < 1.29 is 13.5 Å². The second kappa shape index (κ2) is 4.87. The molecule has 18 heavy (non-hydrogen) atoms. The van der Waals surface area contributed by atoms with E-state index in [1.54, 1.807) is 25.1 Å². The molecular formula is C12H18N2O3S. The highest BCUT2D eigenvalue weighted by Gasteiger charge is 2.35. The molecule has 0 aliphatic carbocycles. The van der Waals surface area contributed by atoms with Gasteiger partial charge in [0.15, 0.2) is 0 Å². The van der Waals surface area contributed by atoms with Gasteiger partial charge in [-0.3, -0.25) is 0 Å². The molecule has 0 bridgehead atoms. The van der Waals surface area contributed by atoms with Crippen LogP contribution in [0.2, 0.25) is 0 Å². The molecule has 1 aromatic rings. The summed E-state index contributed by atoms with van der Waals surface area (Å²) in [5, 5.41) is 9.24. The van der Waals surface area contributed by atoms with Crippen molar-refractivity contribution >= 4 is 15.7 Å². The first-order valence-corrected chi connectivity index (χ1v) is 7.40.